The number of halogens is 4. The van der Waals surface area contributed by atoms with E-state index in [2.05, 4.69) is 61.6 Å². The number of carbonyl (C=O) groups excluding carboxylic acids is 3. The predicted molar refractivity (Wildman–Crippen MR) is 378 cm³/mol. The summed E-state index contributed by atoms with van der Waals surface area (Å²) in [5, 5.41) is 54.1. The van der Waals surface area contributed by atoms with Crippen LogP contribution in [0.25, 0.3) is 0 Å². The second kappa shape index (κ2) is 30.9. The maximum Gasteiger partial charge on any atom is 0.326 e. The fraction of sp³-hybridized carbons (Fsp3) is 0.514. The first-order chi connectivity index (χ1) is 45.4. The maximum atomic E-state index is 14.7. The third-order valence-electron chi connectivity index (χ3n) is 19.7. The van der Waals surface area contributed by atoms with Gasteiger partial charge in [0.2, 0.25) is 5.91 Å². The lowest BCUT2D eigenvalue weighted by molar-refractivity contribution is -0.147. The first-order valence-corrected chi connectivity index (χ1v) is 36.0. The molecular weight excluding hydrogens is 1330 g/mol. The molecular formula is C70H88Cl4N10O9S2. The van der Waals surface area contributed by atoms with E-state index >= 15 is 0 Å². The summed E-state index contributed by atoms with van der Waals surface area (Å²) in [4.78, 5) is 80.0. The second-order valence-corrected chi connectivity index (χ2v) is 30.2. The van der Waals surface area contributed by atoms with E-state index in [-0.39, 0.29) is 92.2 Å². The number of thioether (sulfide) groups is 2. The van der Waals surface area contributed by atoms with Gasteiger partial charge in [0.1, 0.15) is 33.0 Å². The number of piperazine rings is 2. The summed E-state index contributed by atoms with van der Waals surface area (Å²) in [5.74, 6) is -1.41. The van der Waals surface area contributed by atoms with E-state index in [4.69, 9.17) is 66.6 Å². The SMILES string of the molecule is CC(C)C1=C(C(=O)N2[C@H](C)CC[C@H]2C(=O)N2CCN(CCO)[C@@H](CO)C2)SC2=N[C@@](C)(c3ccc(Cl)cc3)[C@@H](c3ccc(Cl)cc3)N21.CC(C)C1=C(C(=O)N2[C@H](C)CC[C@H]2C(=O)O)SC2=N[C@@](C)(c3ccc(Cl)cc3)[C@@H](c3ccc(Cl)cc3)N21.OCCN1CCNC[C@@H]1CO. The highest BCUT2D eigenvalue weighted by atomic mass is 35.5. The Hall–Kier alpha value is -5.24. The highest BCUT2D eigenvalue weighted by Crippen LogP contribution is 2.59. The number of aliphatic hydroxyl groups excluding tert-OH is 4. The number of β-amino-alcohol motifs (C(OH)–C–C–N with tert-alkyl or cyclic N) is 2. The Bertz CT molecular complexity index is 3570. The van der Waals surface area contributed by atoms with E-state index in [1.54, 1.807) is 14.7 Å². The van der Waals surface area contributed by atoms with E-state index in [9.17, 15) is 34.5 Å². The van der Waals surface area contributed by atoms with Gasteiger partial charge in [-0.05, 0) is 160 Å². The van der Waals surface area contributed by atoms with Crippen LogP contribution in [0.1, 0.15) is 115 Å². The highest BCUT2D eigenvalue weighted by molar-refractivity contribution is 8.18. The summed E-state index contributed by atoms with van der Waals surface area (Å²) in [6.45, 7) is 22.0. The molecule has 8 heterocycles. The zero-order valence-electron chi connectivity index (χ0n) is 55.0. The topological polar surface area (TPSA) is 229 Å². The Morgan fingerprint density at radius 1 is 0.568 bits per heavy atom. The number of carbonyl (C=O) groups is 4. The molecule has 6 N–H and O–H groups in total. The molecule has 4 fully saturated rings. The van der Waals surface area contributed by atoms with E-state index in [1.807, 2.05) is 116 Å². The Kier molecular flexibility index (Phi) is 23.6. The molecule has 12 rings (SSSR count). The van der Waals surface area contributed by atoms with E-state index < -0.39 is 29.1 Å². The van der Waals surface area contributed by atoms with Gasteiger partial charge in [0.25, 0.3) is 11.8 Å². The number of aliphatic imine (C=N–C) groups is 2. The highest BCUT2D eigenvalue weighted by Gasteiger charge is 2.57. The van der Waals surface area contributed by atoms with Crippen LogP contribution in [0.15, 0.2) is 128 Å². The van der Waals surface area contributed by atoms with Gasteiger partial charge < -0.3 is 55.3 Å². The minimum Gasteiger partial charge on any atom is -0.480 e. The molecule has 19 nitrogen and oxygen atoms in total. The third kappa shape index (κ3) is 14.8. The van der Waals surface area contributed by atoms with Crippen molar-refractivity contribution in [3.05, 3.63) is 161 Å². The summed E-state index contributed by atoms with van der Waals surface area (Å²) in [6, 6.07) is 28.9. The lowest BCUT2D eigenvalue weighted by Gasteiger charge is -2.42. The molecule has 0 aromatic heterocycles. The van der Waals surface area contributed by atoms with Gasteiger partial charge in [0.05, 0.1) is 44.6 Å². The van der Waals surface area contributed by atoms with Crippen molar-refractivity contribution in [2.24, 2.45) is 21.8 Å². The fourth-order valence-electron chi connectivity index (χ4n) is 14.8. The number of hydrogen-bond donors (Lipinski definition) is 6. The predicted octanol–water partition coefficient (Wildman–Crippen LogP) is 10.1. The van der Waals surface area contributed by atoms with Crippen LogP contribution in [0.4, 0.5) is 0 Å². The number of benzene rings is 4. The molecule has 8 aliphatic rings. The number of hydrogen-bond acceptors (Lipinski definition) is 17. The van der Waals surface area contributed by atoms with Crippen molar-refractivity contribution in [3.63, 3.8) is 0 Å². The summed E-state index contributed by atoms with van der Waals surface area (Å²) in [6.07, 6.45) is 2.46. The van der Waals surface area contributed by atoms with Crippen LogP contribution < -0.4 is 5.32 Å². The molecule has 0 bridgehead atoms. The standard InChI is InChI=1S/C35H43Cl2N5O4S.C28H29Cl2N3O3S.C7H16N2O2/c1-21(2)29-30(33(46)41-22(3)5-14-28(41)32(45)40-16-15-39(17-18-43)27(19-40)20-44)47-34-38-35(4,24-8-12-26(37)13-9-24)31(42(29)34)23-6-10-25(36)11-7-23;1-15(2)22-23(25(34)32-16(3)5-14-21(32)26(35)36)37-27-31-28(4,18-8-12-20(30)13-9-18)24(33(22)27)17-6-10-19(29)11-7-17;10-4-3-9-2-1-8-5-7(9)6-11/h6-13,21-22,27-28,31,43-44H,5,14-20H2,1-4H3;6-13,15-16,21,24H,5,14H2,1-4H3,(H,35,36);7-8,10-11H,1-6H2/t22-,27-,28+,31-,35+;16-,21+,24-,28+;7-/m111/s1. The number of carboxylic acid groups (broad SMARTS) is 1. The van der Waals surface area contributed by atoms with Gasteiger partial charge in [-0.1, -0.05) is 123 Å². The molecule has 0 saturated carbocycles. The van der Waals surface area contributed by atoms with Crippen molar-refractivity contribution in [2.45, 2.75) is 140 Å². The van der Waals surface area contributed by atoms with Crippen LogP contribution in [0, 0.1) is 11.8 Å². The van der Waals surface area contributed by atoms with Crippen LogP contribution in [0.3, 0.4) is 0 Å². The van der Waals surface area contributed by atoms with Crippen molar-refractivity contribution in [3.8, 4) is 0 Å². The number of nitrogens with one attached hydrogen (secondary N) is 1. The minimum absolute atomic E-state index is 0.00212. The smallest absolute Gasteiger partial charge is 0.326 e. The zero-order valence-corrected chi connectivity index (χ0v) is 59.7. The molecule has 4 saturated heterocycles. The van der Waals surface area contributed by atoms with Gasteiger partial charge in [0.15, 0.2) is 10.3 Å². The van der Waals surface area contributed by atoms with Gasteiger partial charge in [-0.3, -0.25) is 24.2 Å². The number of likely N-dealkylation sites (tertiary alicyclic amines) is 2. The van der Waals surface area contributed by atoms with E-state index in [0.29, 0.717) is 81.9 Å². The van der Waals surface area contributed by atoms with Crippen LogP contribution >= 0.6 is 69.9 Å². The first kappa shape index (κ1) is 72.5. The Morgan fingerprint density at radius 3 is 1.37 bits per heavy atom. The van der Waals surface area contributed by atoms with Gasteiger partial charge in [-0.15, -0.1) is 0 Å². The van der Waals surface area contributed by atoms with Gasteiger partial charge in [-0.25, -0.2) is 14.8 Å². The van der Waals surface area contributed by atoms with Gasteiger partial charge in [-0.2, -0.15) is 0 Å². The monoisotopic (exact) mass is 1420 g/mol. The van der Waals surface area contributed by atoms with Crippen LogP contribution in [0.5, 0.6) is 0 Å². The van der Waals surface area contributed by atoms with Crippen molar-refractivity contribution in [2.75, 3.05) is 78.8 Å². The molecule has 512 valence electrons. The number of aliphatic carboxylic acids is 1. The van der Waals surface area contributed by atoms with Gasteiger partial charge >= 0.3 is 5.97 Å². The molecule has 25 heteroatoms. The Balaban J connectivity index is 0.000000182. The number of carboxylic acids is 1. The van der Waals surface area contributed by atoms with Crippen molar-refractivity contribution in [1.29, 1.82) is 0 Å². The van der Waals surface area contributed by atoms with Crippen LogP contribution in [-0.2, 0) is 30.3 Å². The summed E-state index contributed by atoms with van der Waals surface area (Å²) < 4.78 is 0. The molecule has 4 aromatic rings. The zero-order chi connectivity index (χ0) is 68.4. The lowest BCUT2D eigenvalue weighted by Crippen LogP contribution is -2.60. The minimum atomic E-state index is -0.959. The Morgan fingerprint density at radius 2 is 0.968 bits per heavy atom. The number of amidine groups is 2. The van der Waals surface area contributed by atoms with E-state index in [1.165, 1.54) is 23.5 Å². The number of aliphatic hydroxyl groups is 4. The molecule has 0 spiro atoms. The van der Waals surface area contributed by atoms with Crippen molar-refractivity contribution >= 4 is 104 Å². The Labute approximate surface area is 586 Å². The lowest BCUT2D eigenvalue weighted by atomic mass is 9.81. The number of fused-ring (bicyclic) bond motifs is 2. The molecule has 95 heavy (non-hydrogen) atoms. The molecule has 0 unspecified atom stereocenters. The summed E-state index contributed by atoms with van der Waals surface area (Å²) >= 11 is 27.8. The van der Waals surface area contributed by atoms with Crippen LogP contribution in [-0.4, -0.2) is 209 Å². The molecule has 8 aliphatic heterocycles. The van der Waals surface area contributed by atoms with Gasteiger partial charge in [0, 0.05) is 102 Å². The average molecular weight is 1420 g/mol. The van der Waals surface area contributed by atoms with Crippen molar-refractivity contribution < 1.29 is 44.7 Å². The average Bonchev–Trinajstić information content (AvgIpc) is 1.57. The number of rotatable bonds is 16. The quantitative estimate of drug-likeness (QED) is 0.0613. The third-order valence-corrected chi connectivity index (χ3v) is 22.8. The largest absolute Gasteiger partial charge is 0.480 e. The summed E-state index contributed by atoms with van der Waals surface area (Å²) in [5.41, 5.74) is 4.52. The fourth-order valence-corrected chi connectivity index (χ4v) is 18.0. The van der Waals surface area contributed by atoms with Crippen molar-refractivity contribution in [1.82, 2.24) is 39.6 Å². The number of nitrogens with zero attached hydrogens (tertiary/aromatic N) is 9. The molecule has 0 radical (unpaired) electrons. The number of amides is 3. The number of allylic oxidation sites excluding steroid dienone is 2. The second-order valence-electron chi connectivity index (χ2n) is 26.5. The maximum absolute atomic E-state index is 14.7. The molecule has 0 aliphatic carbocycles. The van der Waals surface area contributed by atoms with E-state index in [0.717, 1.165) is 70.0 Å². The normalized spacial score (nSPS) is 27.6. The molecule has 4 aromatic carbocycles. The molecule has 10 atom stereocenters. The summed E-state index contributed by atoms with van der Waals surface area (Å²) in [7, 11) is 0. The molecule has 3 amide bonds. The van der Waals surface area contributed by atoms with Crippen LogP contribution in [0.2, 0.25) is 20.1 Å². The first-order valence-electron chi connectivity index (χ1n) is 32.8.